The van der Waals surface area contributed by atoms with Crippen LogP contribution in [0.15, 0.2) is 29.9 Å². The van der Waals surface area contributed by atoms with Crippen LogP contribution in [0, 0.1) is 0 Å². The number of rotatable bonds is 3. The lowest BCUT2D eigenvalue weighted by Gasteiger charge is -1.95. The molecule has 3 aromatic heterocycles. The SMILES string of the molecule is Cn1nccc1/C=C/C(=O)c1c(Cl)nc2sccn12. The normalized spacial score (nSPS) is 11.7. The van der Waals surface area contributed by atoms with Gasteiger partial charge in [0.15, 0.2) is 10.1 Å². The van der Waals surface area contributed by atoms with Gasteiger partial charge in [0, 0.05) is 24.8 Å². The highest BCUT2D eigenvalue weighted by Crippen LogP contribution is 2.22. The fourth-order valence-electron chi connectivity index (χ4n) is 1.77. The number of aryl methyl sites for hydroxylation is 1. The number of allylic oxidation sites excluding steroid dienone is 1. The van der Waals surface area contributed by atoms with Crippen LogP contribution in [0.25, 0.3) is 11.0 Å². The number of aromatic nitrogens is 4. The molecule has 0 aromatic carbocycles. The fourth-order valence-corrected chi connectivity index (χ4v) is 2.80. The molecule has 0 radical (unpaired) electrons. The lowest BCUT2D eigenvalue weighted by Crippen LogP contribution is -2.00. The summed E-state index contributed by atoms with van der Waals surface area (Å²) in [7, 11) is 1.81. The van der Waals surface area contributed by atoms with Gasteiger partial charge >= 0.3 is 0 Å². The Labute approximate surface area is 117 Å². The standard InChI is InChI=1S/C12H9ClN4OS/c1-16-8(4-5-14-16)2-3-9(18)10-11(13)15-12-17(10)6-7-19-12/h2-7H,1H3/b3-2+. The number of nitrogens with zero attached hydrogens (tertiary/aromatic N) is 4. The van der Waals surface area contributed by atoms with E-state index >= 15 is 0 Å². The smallest absolute Gasteiger partial charge is 0.205 e. The summed E-state index contributed by atoms with van der Waals surface area (Å²) < 4.78 is 3.38. The van der Waals surface area contributed by atoms with Gasteiger partial charge in [-0.25, -0.2) is 4.98 Å². The molecule has 0 unspecified atom stereocenters. The van der Waals surface area contributed by atoms with E-state index in [0.29, 0.717) is 10.7 Å². The predicted octanol–water partition coefficient (Wildman–Crippen LogP) is 2.68. The molecule has 96 valence electrons. The maximum Gasteiger partial charge on any atom is 0.205 e. The van der Waals surface area contributed by atoms with E-state index in [0.717, 1.165) is 5.69 Å². The van der Waals surface area contributed by atoms with Gasteiger partial charge in [-0.05, 0) is 18.2 Å². The summed E-state index contributed by atoms with van der Waals surface area (Å²) in [6.07, 6.45) is 6.64. The second kappa shape index (κ2) is 4.64. The largest absolute Gasteiger partial charge is 0.287 e. The first kappa shape index (κ1) is 12.1. The molecule has 0 bridgehead atoms. The minimum Gasteiger partial charge on any atom is -0.287 e. The average Bonchev–Trinajstić information content (AvgIpc) is 3.02. The van der Waals surface area contributed by atoms with Crippen molar-refractivity contribution in [3.8, 4) is 0 Å². The van der Waals surface area contributed by atoms with Crippen molar-refractivity contribution in [1.82, 2.24) is 19.2 Å². The molecular weight excluding hydrogens is 284 g/mol. The van der Waals surface area contributed by atoms with Crippen molar-refractivity contribution in [3.63, 3.8) is 0 Å². The molecule has 0 aliphatic rings. The highest BCUT2D eigenvalue weighted by molar-refractivity contribution is 7.15. The van der Waals surface area contributed by atoms with Gasteiger partial charge in [-0.1, -0.05) is 11.6 Å². The van der Waals surface area contributed by atoms with Crippen molar-refractivity contribution in [1.29, 1.82) is 0 Å². The van der Waals surface area contributed by atoms with E-state index in [9.17, 15) is 4.79 Å². The summed E-state index contributed by atoms with van der Waals surface area (Å²) in [6.45, 7) is 0. The van der Waals surface area contributed by atoms with Gasteiger partial charge in [0.2, 0.25) is 5.78 Å². The van der Waals surface area contributed by atoms with Gasteiger partial charge in [-0.2, -0.15) is 5.10 Å². The number of halogens is 1. The zero-order valence-corrected chi connectivity index (χ0v) is 11.5. The monoisotopic (exact) mass is 292 g/mol. The average molecular weight is 293 g/mol. The highest BCUT2D eigenvalue weighted by Gasteiger charge is 2.16. The summed E-state index contributed by atoms with van der Waals surface area (Å²) in [4.78, 5) is 17.0. The Morgan fingerprint density at radius 1 is 1.53 bits per heavy atom. The lowest BCUT2D eigenvalue weighted by molar-refractivity contribution is 0.104. The minimum absolute atomic E-state index is 0.183. The molecule has 0 saturated carbocycles. The molecule has 3 heterocycles. The van der Waals surface area contributed by atoms with Crippen molar-refractivity contribution in [3.05, 3.63) is 46.5 Å². The molecule has 0 spiro atoms. The van der Waals surface area contributed by atoms with Crippen LogP contribution in [0.3, 0.4) is 0 Å². The molecule has 5 nitrogen and oxygen atoms in total. The van der Waals surface area contributed by atoms with Crippen molar-refractivity contribution in [2.24, 2.45) is 7.05 Å². The molecule has 3 aromatic rings. The number of fused-ring (bicyclic) bond motifs is 1. The zero-order chi connectivity index (χ0) is 13.4. The molecule has 19 heavy (non-hydrogen) atoms. The molecule has 0 atom stereocenters. The third-order valence-corrected chi connectivity index (χ3v) is 3.74. The molecular formula is C12H9ClN4OS. The second-order valence-corrected chi connectivity index (χ2v) is 5.12. The van der Waals surface area contributed by atoms with Crippen LogP contribution in [0.4, 0.5) is 0 Å². The highest BCUT2D eigenvalue weighted by atomic mass is 35.5. The number of carbonyl (C=O) groups is 1. The Morgan fingerprint density at radius 3 is 3.11 bits per heavy atom. The quantitative estimate of drug-likeness (QED) is 0.551. The van der Waals surface area contributed by atoms with Gasteiger partial charge in [0.25, 0.3) is 0 Å². The van der Waals surface area contributed by atoms with Crippen molar-refractivity contribution < 1.29 is 4.79 Å². The molecule has 0 amide bonds. The van der Waals surface area contributed by atoms with E-state index < -0.39 is 0 Å². The Bertz CT molecular complexity index is 783. The van der Waals surface area contributed by atoms with E-state index in [-0.39, 0.29) is 10.9 Å². The first-order chi connectivity index (χ1) is 9.16. The van der Waals surface area contributed by atoms with E-state index in [1.54, 1.807) is 27.6 Å². The zero-order valence-electron chi connectivity index (χ0n) is 9.95. The van der Waals surface area contributed by atoms with Gasteiger partial charge in [0.05, 0.1) is 5.69 Å². The topological polar surface area (TPSA) is 52.2 Å². The van der Waals surface area contributed by atoms with Crippen LogP contribution >= 0.6 is 22.9 Å². The van der Waals surface area contributed by atoms with Gasteiger partial charge < -0.3 is 0 Å². The molecule has 7 heteroatoms. The second-order valence-electron chi connectivity index (χ2n) is 3.88. The summed E-state index contributed by atoms with van der Waals surface area (Å²) in [6, 6.07) is 1.82. The van der Waals surface area contributed by atoms with Gasteiger partial charge in [-0.15, -0.1) is 11.3 Å². The van der Waals surface area contributed by atoms with Crippen LogP contribution in [0.5, 0.6) is 0 Å². The lowest BCUT2D eigenvalue weighted by atomic mass is 10.2. The van der Waals surface area contributed by atoms with Crippen LogP contribution in [0.2, 0.25) is 5.15 Å². The number of carbonyl (C=O) groups excluding carboxylic acids is 1. The first-order valence-corrected chi connectivity index (χ1v) is 6.74. The Kier molecular flexibility index (Phi) is 2.96. The van der Waals surface area contributed by atoms with Crippen LogP contribution in [-0.2, 0) is 7.05 Å². The Balaban J connectivity index is 1.96. The van der Waals surface area contributed by atoms with Crippen molar-refractivity contribution >= 4 is 39.8 Å². The summed E-state index contributed by atoms with van der Waals surface area (Å²) in [5, 5.41) is 6.12. The summed E-state index contributed by atoms with van der Waals surface area (Å²) in [5.74, 6) is -0.183. The number of thiazole rings is 1. The Hall–Kier alpha value is -1.92. The maximum atomic E-state index is 12.2. The molecule has 0 N–H and O–H groups in total. The summed E-state index contributed by atoms with van der Waals surface area (Å²) in [5.41, 5.74) is 1.23. The van der Waals surface area contributed by atoms with Crippen molar-refractivity contribution in [2.75, 3.05) is 0 Å². The number of hydrogen-bond acceptors (Lipinski definition) is 4. The third-order valence-electron chi connectivity index (χ3n) is 2.72. The molecule has 0 fully saturated rings. The van der Waals surface area contributed by atoms with Crippen LogP contribution in [-0.4, -0.2) is 24.9 Å². The van der Waals surface area contributed by atoms with E-state index in [4.69, 9.17) is 11.6 Å². The van der Waals surface area contributed by atoms with E-state index in [1.807, 2.05) is 18.5 Å². The van der Waals surface area contributed by atoms with Crippen molar-refractivity contribution in [2.45, 2.75) is 0 Å². The molecule has 0 aliphatic heterocycles. The molecule has 0 saturated heterocycles. The number of imidazole rings is 1. The van der Waals surface area contributed by atoms with Crippen LogP contribution in [0.1, 0.15) is 16.2 Å². The fraction of sp³-hybridized carbons (Fsp3) is 0.0833. The minimum atomic E-state index is -0.183. The molecule has 3 rings (SSSR count). The first-order valence-electron chi connectivity index (χ1n) is 5.48. The van der Waals surface area contributed by atoms with E-state index in [2.05, 4.69) is 10.1 Å². The Morgan fingerprint density at radius 2 is 2.37 bits per heavy atom. The number of ketones is 1. The number of hydrogen-bond donors (Lipinski definition) is 0. The maximum absolute atomic E-state index is 12.2. The van der Waals surface area contributed by atoms with E-state index in [1.165, 1.54) is 17.4 Å². The van der Waals surface area contributed by atoms with Crippen LogP contribution < -0.4 is 0 Å². The summed E-state index contributed by atoms with van der Waals surface area (Å²) >= 11 is 7.43. The van der Waals surface area contributed by atoms with Gasteiger partial charge in [0.1, 0.15) is 5.69 Å². The third kappa shape index (κ3) is 2.09. The predicted molar refractivity (Wildman–Crippen MR) is 74.7 cm³/mol. The molecule has 0 aliphatic carbocycles. The van der Waals surface area contributed by atoms with Gasteiger partial charge in [-0.3, -0.25) is 13.9 Å².